The summed E-state index contributed by atoms with van der Waals surface area (Å²) in [6.45, 7) is 0. The van der Waals surface area contributed by atoms with Gasteiger partial charge < -0.3 is 4.74 Å². The molecule has 2 aromatic carbocycles. The van der Waals surface area contributed by atoms with Crippen LogP contribution in [0.25, 0.3) is 0 Å². The van der Waals surface area contributed by atoms with Gasteiger partial charge >= 0.3 is 0 Å². The van der Waals surface area contributed by atoms with E-state index in [0.717, 1.165) is 0 Å². The summed E-state index contributed by atoms with van der Waals surface area (Å²) in [5, 5.41) is 0.425. The van der Waals surface area contributed by atoms with Crippen LogP contribution < -0.4 is 15.6 Å². The standard InChI is InChI=1S/C17H15BrClFN2O3/c1-25-15-9-12(19)5-6-13(15)17(24)22-21-16(23)7-3-10-2-4-11(18)8-14(10)20/h2,4-6,8-9H,3,7H2,1H3,(H,21,23)(H,22,24). The fraction of sp³-hybridized carbons (Fsp3) is 0.176. The van der Waals surface area contributed by atoms with E-state index in [0.29, 0.717) is 15.1 Å². The Hall–Kier alpha value is -2.12. The summed E-state index contributed by atoms with van der Waals surface area (Å²) in [7, 11) is 1.41. The van der Waals surface area contributed by atoms with Crippen LogP contribution in [-0.2, 0) is 11.2 Å². The summed E-state index contributed by atoms with van der Waals surface area (Å²) in [5.41, 5.74) is 5.23. The van der Waals surface area contributed by atoms with Gasteiger partial charge in [0.25, 0.3) is 5.91 Å². The fourth-order valence-corrected chi connectivity index (χ4v) is 2.58. The zero-order valence-electron chi connectivity index (χ0n) is 13.2. The van der Waals surface area contributed by atoms with Crippen molar-refractivity contribution in [3.8, 4) is 5.75 Å². The molecule has 0 atom stereocenters. The van der Waals surface area contributed by atoms with E-state index >= 15 is 0 Å². The molecular formula is C17H15BrClFN2O3. The Balaban J connectivity index is 1.88. The minimum Gasteiger partial charge on any atom is -0.496 e. The van der Waals surface area contributed by atoms with Crippen LogP contribution in [0.5, 0.6) is 5.75 Å². The molecule has 0 heterocycles. The third-order valence-electron chi connectivity index (χ3n) is 3.36. The van der Waals surface area contributed by atoms with Gasteiger partial charge in [0.2, 0.25) is 5.91 Å². The number of ether oxygens (including phenoxy) is 1. The number of methoxy groups -OCH3 is 1. The minimum absolute atomic E-state index is 0.0244. The van der Waals surface area contributed by atoms with E-state index in [9.17, 15) is 14.0 Å². The molecule has 0 unspecified atom stereocenters. The van der Waals surface area contributed by atoms with Crippen molar-refractivity contribution >= 4 is 39.3 Å². The van der Waals surface area contributed by atoms with Gasteiger partial charge in [0.1, 0.15) is 11.6 Å². The molecule has 8 heteroatoms. The normalized spacial score (nSPS) is 10.2. The Morgan fingerprint density at radius 2 is 1.96 bits per heavy atom. The quantitative estimate of drug-likeness (QED) is 0.713. The first-order valence-corrected chi connectivity index (χ1v) is 8.44. The second-order valence-corrected chi connectivity index (χ2v) is 6.43. The highest BCUT2D eigenvalue weighted by atomic mass is 79.9. The molecule has 0 aromatic heterocycles. The molecule has 2 N–H and O–H groups in total. The number of nitrogens with one attached hydrogen (secondary N) is 2. The second-order valence-electron chi connectivity index (χ2n) is 5.08. The maximum atomic E-state index is 13.7. The first kappa shape index (κ1) is 19.2. The van der Waals surface area contributed by atoms with Crippen LogP contribution >= 0.6 is 27.5 Å². The molecule has 0 fully saturated rings. The molecule has 25 heavy (non-hydrogen) atoms. The molecule has 0 saturated carbocycles. The van der Waals surface area contributed by atoms with Crippen LogP contribution in [0, 0.1) is 5.82 Å². The van der Waals surface area contributed by atoms with Crippen molar-refractivity contribution in [1.29, 1.82) is 0 Å². The summed E-state index contributed by atoms with van der Waals surface area (Å²) < 4.78 is 19.4. The largest absolute Gasteiger partial charge is 0.496 e. The van der Waals surface area contributed by atoms with Crippen molar-refractivity contribution in [1.82, 2.24) is 10.9 Å². The van der Waals surface area contributed by atoms with Crippen LogP contribution in [0.1, 0.15) is 22.3 Å². The minimum atomic E-state index is -0.545. The molecule has 2 amide bonds. The Morgan fingerprint density at radius 1 is 1.20 bits per heavy atom. The van der Waals surface area contributed by atoms with E-state index < -0.39 is 17.6 Å². The predicted molar refractivity (Wildman–Crippen MR) is 96.0 cm³/mol. The number of hydrazine groups is 1. The lowest BCUT2D eigenvalue weighted by Crippen LogP contribution is -2.41. The number of benzene rings is 2. The van der Waals surface area contributed by atoms with Crippen molar-refractivity contribution in [2.24, 2.45) is 0 Å². The van der Waals surface area contributed by atoms with E-state index in [1.54, 1.807) is 12.1 Å². The van der Waals surface area contributed by atoms with Crippen molar-refractivity contribution < 1.29 is 18.7 Å². The predicted octanol–water partition coefficient (Wildman–Crippen LogP) is 3.64. The number of rotatable bonds is 5. The number of halogens is 3. The fourth-order valence-electron chi connectivity index (χ4n) is 2.08. The summed E-state index contributed by atoms with van der Waals surface area (Å²) in [5.74, 6) is -1.09. The average Bonchev–Trinajstić information content (AvgIpc) is 2.58. The van der Waals surface area contributed by atoms with E-state index in [-0.39, 0.29) is 24.2 Å². The first-order chi connectivity index (χ1) is 11.9. The molecule has 0 saturated heterocycles. The number of hydrogen-bond donors (Lipinski definition) is 2. The molecule has 2 rings (SSSR count). The molecule has 0 aliphatic rings. The van der Waals surface area contributed by atoms with E-state index in [2.05, 4.69) is 26.8 Å². The maximum absolute atomic E-state index is 13.7. The molecule has 5 nitrogen and oxygen atoms in total. The molecule has 0 spiro atoms. The maximum Gasteiger partial charge on any atom is 0.273 e. The summed E-state index contributed by atoms with van der Waals surface area (Å²) in [4.78, 5) is 23.9. The highest BCUT2D eigenvalue weighted by Crippen LogP contribution is 2.22. The first-order valence-electron chi connectivity index (χ1n) is 7.27. The lowest BCUT2D eigenvalue weighted by atomic mass is 10.1. The van der Waals surface area contributed by atoms with Crippen molar-refractivity contribution in [3.05, 3.63) is 62.8 Å². The molecular weight excluding hydrogens is 415 g/mol. The van der Waals surface area contributed by atoms with Crippen LogP contribution in [0.15, 0.2) is 40.9 Å². The number of carbonyl (C=O) groups excluding carboxylic acids is 2. The topological polar surface area (TPSA) is 67.4 Å². The van der Waals surface area contributed by atoms with Gasteiger partial charge in [-0.1, -0.05) is 33.6 Å². The van der Waals surface area contributed by atoms with Crippen molar-refractivity contribution in [3.63, 3.8) is 0 Å². The highest BCUT2D eigenvalue weighted by molar-refractivity contribution is 9.10. The van der Waals surface area contributed by atoms with Gasteiger partial charge in [-0.05, 0) is 42.3 Å². The van der Waals surface area contributed by atoms with Gasteiger partial charge in [0, 0.05) is 15.9 Å². The van der Waals surface area contributed by atoms with E-state index in [1.807, 2.05) is 0 Å². The smallest absolute Gasteiger partial charge is 0.273 e. The summed E-state index contributed by atoms with van der Waals surface area (Å²) in [6.07, 6.45) is 0.238. The number of amides is 2. The molecule has 0 aliphatic heterocycles. The lowest BCUT2D eigenvalue weighted by Gasteiger charge is -2.11. The third-order valence-corrected chi connectivity index (χ3v) is 4.09. The number of hydrogen-bond acceptors (Lipinski definition) is 3. The van der Waals surface area contributed by atoms with Crippen LogP contribution in [0.4, 0.5) is 4.39 Å². The van der Waals surface area contributed by atoms with Crippen LogP contribution in [-0.4, -0.2) is 18.9 Å². The Kier molecular flexibility index (Phi) is 6.78. The summed E-state index contributed by atoms with van der Waals surface area (Å²) in [6, 6.07) is 9.15. The van der Waals surface area contributed by atoms with Gasteiger partial charge in [-0.25, -0.2) is 4.39 Å². The Labute approximate surface area is 157 Å². The van der Waals surface area contributed by atoms with Crippen molar-refractivity contribution in [2.45, 2.75) is 12.8 Å². The van der Waals surface area contributed by atoms with Crippen LogP contribution in [0.2, 0.25) is 5.02 Å². The third kappa shape index (κ3) is 5.44. The van der Waals surface area contributed by atoms with Crippen LogP contribution in [0.3, 0.4) is 0 Å². The second kappa shape index (κ2) is 8.82. The van der Waals surface area contributed by atoms with Gasteiger partial charge in [-0.15, -0.1) is 0 Å². The highest BCUT2D eigenvalue weighted by Gasteiger charge is 2.14. The molecule has 0 aliphatic carbocycles. The lowest BCUT2D eigenvalue weighted by molar-refractivity contribution is -0.121. The Bertz CT molecular complexity index is 801. The van der Waals surface area contributed by atoms with E-state index in [4.69, 9.17) is 16.3 Å². The van der Waals surface area contributed by atoms with Gasteiger partial charge in [0.15, 0.2) is 0 Å². The Morgan fingerprint density at radius 3 is 2.64 bits per heavy atom. The van der Waals surface area contributed by atoms with Gasteiger partial charge in [-0.2, -0.15) is 0 Å². The number of aryl methyl sites for hydroxylation is 1. The van der Waals surface area contributed by atoms with Crippen molar-refractivity contribution in [2.75, 3.05) is 7.11 Å². The SMILES string of the molecule is COc1cc(Cl)ccc1C(=O)NNC(=O)CCc1ccc(Br)cc1F. The zero-order valence-corrected chi connectivity index (χ0v) is 15.6. The van der Waals surface area contributed by atoms with E-state index in [1.165, 1.54) is 31.4 Å². The van der Waals surface area contributed by atoms with Gasteiger partial charge in [-0.3, -0.25) is 20.4 Å². The monoisotopic (exact) mass is 428 g/mol. The summed E-state index contributed by atoms with van der Waals surface area (Å²) >= 11 is 9.00. The average molecular weight is 430 g/mol. The molecule has 2 aromatic rings. The molecule has 0 bridgehead atoms. The zero-order chi connectivity index (χ0) is 18.4. The molecule has 132 valence electrons. The van der Waals surface area contributed by atoms with Gasteiger partial charge in [0.05, 0.1) is 12.7 Å². The number of carbonyl (C=O) groups is 2. The molecule has 0 radical (unpaired) electrons.